The molecule has 1 aliphatic rings. The number of benzene rings is 3. The van der Waals surface area contributed by atoms with Gasteiger partial charge in [-0.1, -0.05) is 42.8 Å². The molecule has 1 aliphatic carbocycles. The van der Waals surface area contributed by atoms with Crippen LogP contribution in [-0.4, -0.2) is 9.55 Å². The highest BCUT2D eigenvalue weighted by Crippen LogP contribution is 2.40. The monoisotopic (exact) mass is 450 g/mol. The van der Waals surface area contributed by atoms with Crippen molar-refractivity contribution in [3.05, 3.63) is 71.3 Å². The molecule has 2 heterocycles. The Hall–Kier alpha value is -3.40. The van der Waals surface area contributed by atoms with Crippen LogP contribution in [0.3, 0.4) is 0 Å². The predicted octanol–water partition coefficient (Wildman–Crippen LogP) is 7.37. The Morgan fingerprint density at radius 2 is 1.53 bits per heavy atom. The van der Waals surface area contributed by atoms with Crippen molar-refractivity contribution >= 4 is 22.1 Å². The molecule has 172 valence electrons. The van der Waals surface area contributed by atoms with E-state index < -0.39 is 0 Å². The molecule has 0 bridgehead atoms. The minimum Gasteiger partial charge on any atom is -0.435 e. The Kier molecular flexibility index (Phi) is 5.05. The summed E-state index contributed by atoms with van der Waals surface area (Å²) < 4.78 is 11.6. The van der Waals surface area contributed by atoms with E-state index in [2.05, 4.69) is 91.6 Å². The van der Waals surface area contributed by atoms with Crippen molar-refractivity contribution in [3.63, 3.8) is 0 Å². The van der Waals surface area contributed by atoms with Gasteiger partial charge in [0.05, 0.1) is 7.05 Å². The standard InChI is InChI=1S/C30H32N3O/c1-19-11-10-12-20(2)26(19)29-31-23-18-17-21(3)27(28(23)34-29)30-32(4)24-15-8-9-16-25(24)33(30)22-13-6-5-7-14-22/h8-12,15-18,22H,5-7,13-14H2,1-4H3/q+1. The maximum atomic E-state index is 6.64. The summed E-state index contributed by atoms with van der Waals surface area (Å²) in [5, 5.41) is 0. The minimum absolute atomic E-state index is 0.505. The van der Waals surface area contributed by atoms with Gasteiger partial charge in [0.15, 0.2) is 16.6 Å². The van der Waals surface area contributed by atoms with Crippen LogP contribution in [0.25, 0.3) is 45.0 Å². The van der Waals surface area contributed by atoms with Gasteiger partial charge in [0.2, 0.25) is 5.89 Å². The molecule has 34 heavy (non-hydrogen) atoms. The third kappa shape index (κ3) is 3.19. The molecule has 0 aliphatic heterocycles. The molecule has 0 unspecified atom stereocenters. The van der Waals surface area contributed by atoms with Gasteiger partial charge >= 0.3 is 0 Å². The van der Waals surface area contributed by atoms with Crippen LogP contribution in [0.5, 0.6) is 0 Å². The number of hydrogen-bond donors (Lipinski definition) is 0. The minimum atomic E-state index is 0.505. The molecule has 6 rings (SSSR count). The number of imidazole rings is 1. The van der Waals surface area contributed by atoms with Crippen LogP contribution in [0, 0.1) is 20.8 Å². The Morgan fingerprint density at radius 1 is 0.824 bits per heavy atom. The molecule has 0 amide bonds. The van der Waals surface area contributed by atoms with Crippen molar-refractivity contribution in [2.45, 2.75) is 58.9 Å². The Balaban J connectivity index is 1.66. The van der Waals surface area contributed by atoms with E-state index in [0.29, 0.717) is 11.9 Å². The fraction of sp³-hybridized carbons (Fsp3) is 0.333. The first-order valence-corrected chi connectivity index (χ1v) is 12.5. The van der Waals surface area contributed by atoms with Crippen LogP contribution in [0.1, 0.15) is 54.8 Å². The van der Waals surface area contributed by atoms with Crippen LogP contribution in [0.15, 0.2) is 59.0 Å². The molecule has 0 radical (unpaired) electrons. The zero-order valence-corrected chi connectivity index (χ0v) is 20.6. The topological polar surface area (TPSA) is 34.8 Å². The lowest BCUT2D eigenvalue weighted by atomic mass is 9.94. The summed E-state index contributed by atoms with van der Waals surface area (Å²) in [6.45, 7) is 6.45. The van der Waals surface area contributed by atoms with E-state index in [1.54, 1.807) is 0 Å². The second-order valence-corrected chi connectivity index (χ2v) is 9.92. The Morgan fingerprint density at radius 3 is 2.29 bits per heavy atom. The van der Waals surface area contributed by atoms with Crippen LogP contribution >= 0.6 is 0 Å². The summed E-state index contributed by atoms with van der Waals surface area (Å²) in [4.78, 5) is 4.97. The summed E-state index contributed by atoms with van der Waals surface area (Å²) in [5.74, 6) is 1.93. The molecule has 0 spiro atoms. The summed E-state index contributed by atoms with van der Waals surface area (Å²) in [5.41, 5.74) is 10.2. The van der Waals surface area contributed by atoms with Crippen LogP contribution in [0.2, 0.25) is 0 Å². The highest BCUT2D eigenvalue weighted by Gasteiger charge is 2.33. The first-order valence-electron chi connectivity index (χ1n) is 12.5. The van der Waals surface area contributed by atoms with Gasteiger partial charge in [-0.2, -0.15) is 0 Å². The lowest BCUT2D eigenvalue weighted by molar-refractivity contribution is -0.634. The molecule has 0 saturated heterocycles. The molecule has 1 fully saturated rings. The number of fused-ring (bicyclic) bond motifs is 2. The van der Waals surface area contributed by atoms with Crippen molar-refractivity contribution in [1.29, 1.82) is 0 Å². The molecule has 0 N–H and O–H groups in total. The first-order chi connectivity index (χ1) is 16.5. The number of para-hydroxylation sites is 2. The van der Waals surface area contributed by atoms with E-state index in [-0.39, 0.29) is 0 Å². The summed E-state index contributed by atoms with van der Waals surface area (Å²) in [7, 11) is 2.19. The van der Waals surface area contributed by atoms with Gasteiger partial charge in [0, 0.05) is 5.56 Å². The summed E-state index contributed by atoms with van der Waals surface area (Å²) in [6, 6.07) is 19.9. The largest absolute Gasteiger partial charge is 0.435 e. The van der Waals surface area contributed by atoms with Crippen molar-refractivity contribution in [2.24, 2.45) is 7.05 Å². The molecule has 5 aromatic rings. The average Bonchev–Trinajstić information content (AvgIpc) is 3.39. The molecule has 4 heteroatoms. The van der Waals surface area contributed by atoms with Crippen molar-refractivity contribution in [2.75, 3.05) is 0 Å². The first kappa shape index (κ1) is 21.2. The fourth-order valence-electron chi connectivity index (χ4n) is 5.97. The van der Waals surface area contributed by atoms with Gasteiger partial charge in [-0.3, -0.25) is 0 Å². The number of aryl methyl sites for hydroxylation is 4. The third-order valence-electron chi connectivity index (χ3n) is 7.67. The highest BCUT2D eigenvalue weighted by atomic mass is 16.3. The molecule has 2 aromatic heterocycles. The van der Waals surface area contributed by atoms with Gasteiger partial charge in [0.1, 0.15) is 17.1 Å². The summed E-state index contributed by atoms with van der Waals surface area (Å²) >= 11 is 0. The van der Waals surface area contributed by atoms with E-state index in [0.717, 1.165) is 22.2 Å². The molecular formula is C30H32N3O+. The molecule has 1 saturated carbocycles. The van der Waals surface area contributed by atoms with Crippen LogP contribution < -0.4 is 4.57 Å². The normalized spacial score (nSPS) is 14.9. The van der Waals surface area contributed by atoms with Gasteiger partial charge in [-0.15, -0.1) is 0 Å². The SMILES string of the molecule is Cc1cccc(C)c1-c1nc2ccc(C)c(-c3n(C4CCCCC4)c4ccccc4[n+]3C)c2o1. The summed E-state index contributed by atoms with van der Waals surface area (Å²) in [6.07, 6.45) is 6.38. The second kappa shape index (κ2) is 8.12. The maximum Gasteiger partial charge on any atom is 0.294 e. The predicted molar refractivity (Wildman–Crippen MR) is 138 cm³/mol. The van der Waals surface area contributed by atoms with Crippen LogP contribution in [-0.2, 0) is 7.05 Å². The van der Waals surface area contributed by atoms with E-state index in [1.165, 1.54) is 65.7 Å². The average molecular weight is 451 g/mol. The zero-order chi connectivity index (χ0) is 23.4. The zero-order valence-electron chi connectivity index (χ0n) is 20.6. The molecule has 0 atom stereocenters. The molecule has 4 nitrogen and oxygen atoms in total. The van der Waals surface area contributed by atoms with E-state index in [4.69, 9.17) is 9.40 Å². The van der Waals surface area contributed by atoms with Gasteiger partial charge in [-0.05, 0) is 81.3 Å². The van der Waals surface area contributed by atoms with Gasteiger partial charge in [-0.25, -0.2) is 14.1 Å². The van der Waals surface area contributed by atoms with Crippen molar-refractivity contribution in [1.82, 2.24) is 9.55 Å². The van der Waals surface area contributed by atoms with E-state index in [9.17, 15) is 0 Å². The lowest BCUT2D eigenvalue weighted by Crippen LogP contribution is -2.31. The fourth-order valence-corrected chi connectivity index (χ4v) is 5.97. The number of rotatable bonds is 3. The lowest BCUT2D eigenvalue weighted by Gasteiger charge is -2.21. The van der Waals surface area contributed by atoms with Crippen LogP contribution in [0.4, 0.5) is 0 Å². The van der Waals surface area contributed by atoms with Crippen molar-refractivity contribution in [3.8, 4) is 22.8 Å². The Labute approximate surface area is 200 Å². The Bertz CT molecular complexity index is 1510. The number of oxazole rings is 1. The van der Waals surface area contributed by atoms with Gasteiger partial charge in [0.25, 0.3) is 5.82 Å². The molecule has 3 aromatic carbocycles. The number of hydrogen-bond acceptors (Lipinski definition) is 2. The molecular weight excluding hydrogens is 418 g/mol. The number of nitrogens with zero attached hydrogens (tertiary/aromatic N) is 3. The van der Waals surface area contributed by atoms with E-state index >= 15 is 0 Å². The maximum absolute atomic E-state index is 6.64. The second-order valence-electron chi connectivity index (χ2n) is 9.92. The third-order valence-corrected chi connectivity index (χ3v) is 7.67. The number of aromatic nitrogens is 3. The smallest absolute Gasteiger partial charge is 0.294 e. The highest BCUT2D eigenvalue weighted by molar-refractivity contribution is 5.93. The van der Waals surface area contributed by atoms with Gasteiger partial charge < -0.3 is 4.42 Å². The van der Waals surface area contributed by atoms with Crippen molar-refractivity contribution < 1.29 is 8.98 Å². The van der Waals surface area contributed by atoms with E-state index in [1.807, 2.05) is 0 Å². The quantitative estimate of drug-likeness (QED) is 0.269.